The molecular weight excluding hydrogens is 238 g/mol. The zero-order chi connectivity index (χ0) is 12.9. The van der Waals surface area contributed by atoms with Crippen LogP contribution in [0.5, 0.6) is 0 Å². The van der Waals surface area contributed by atoms with Crippen molar-refractivity contribution in [1.82, 2.24) is 0 Å². The number of ketones is 1. The van der Waals surface area contributed by atoms with E-state index in [1.165, 1.54) is 0 Å². The lowest BCUT2D eigenvalue weighted by Crippen LogP contribution is -2.23. The van der Waals surface area contributed by atoms with Crippen molar-refractivity contribution in [3.8, 4) is 0 Å². The van der Waals surface area contributed by atoms with Crippen LogP contribution in [0.3, 0.4) is 0 Å². The van der Waals surface area contributed by atoms with Gasteiger partial charge in [0.2, 0.25) is 0 Å². The van der Waals surface area contributed by atoms with E-state index in [0.29, 0.717) is 0 Å². The largest absolute Gasteiger partial charge is 0.329 e. The van der Waals surface area contributed by atoms with Crippen molar-refractivity contribution in [3.63, 3.8) is 0 Å². The first-order chi connectivity index (χ1) is 7.94. The fourth-order valence-electron chi connectivity index (χ4n) is 1.60. The van der Waals surface area contributed by atoms with E-state index >= 15 is 0 Å². The number of sulfone groups is 1. The van der Waals surface area contributed by atoms with Gasteiger partial charge in [-0.2, -0.15) is 0 Å². The van der Waals surface area contributed by atoms with Crippen molar-refractivity contribution < 1.29 is 13.2 Å². The van der Waals surface area contributed by atoms with E-state index in [4.69, 9.17) is 5.73 Å². The molecule has 94 valence electrons. The Morgan fingerprint density at radius 3 is 2.35 bits per heavy atom. The van der Waals surface area contributed by atoms with E-state index < -0.39 is 15.8 Å². The summed E-state index contributed by atoms with van der Waals surface area (Å²) in [5.74, 6) is -0.642. The number of rotatable bonds is 6. The molecule has 0 saturated heterocycles. The van der Waals surface area contributed by atoms with Crippen LogP contribution in [0, 0.1) is 0 Å². The number of hydrogen-bond acceptors (Lipinski definition) is 4. The third kappa shape index (κ3) is 4.66. The molecule has 0 bridgehead atoms. The lowest BCUT2D eigenvalue weighted by atomic mass is 9.93. The van der Waals surface area contributed by atoms with Crippen LogP contribution in [0.15, 0.2) is 30.3 Å². The molecule has 0 amide bonds. The predicted octanol–water partition coefficient (Wildman–Crippen LogP) is 0.733. The van der Waals surface area contributed by atoms with E-state index in [9.17, 15) is 13.2 Å². The van der Waals surface area contributed by atoms with Gasteiger partial charge in [0.05, 0.1) is 11.7 Å². The molecule has 0 spiro atoms. The SMILES string of the molecule is CS(=O)(=O)CCC(=O)C(CN)c1ccccc1. The molecule has 1 unspecified atom stereocenters. The molecule has 5 heteroatoms. The smallest absolute Gasteiger partial charge is 0.147 e. The van der Waals surface area contributed by atoms with Gasteiger partial charge in [0.15, 0.2) is 0 Å². The van der Waals surface area contributed by atoms with E-state index in [-0.39, 0.29) is 24.5 Å². The molecule has 0 fully saturated rings. The predicted molar refractivity (Wildman–Crippen MR) is 67.6 cm³/mol. The van der Waals surface area contributed by atoms with Gasteiger partial charge < -0.3 is 5.73 Å². The molecule has 4 nitrogen and oxygen atoms in total. The van der Waals surface area contributed by atoms with Crippen LogP contribution < -0.4 is 5.73 Å². The minimum atomic E-state index is -3.10. The van der Waals surface area contributed by atoms with Crippen molar-refractivity contribution in [3.05, 3.63) is 35.9 Å². The summed E-state index contributed by atoms with van der Waals surface area (Å²) in [6.07, 6.45) is 1.15. The minimum absolute atomic E-state index is 0.0234. The average molecular weight is 255 g/mol. The van der Waals surface area contributed by atoms with Gasteiger partial charge in [-0.25, -0.2) is 8.42 Å². The monoisotopic (exact) mass is 255 g/mol. The maximum absolute atomic E-state index is 11.9. The fraction of sp³-hybridized carbons (Fsp3) is 0.417. The van der Waals surface area contributed by atoms with E-state index in [1.807, 2.05) is 30.3 Å². The Morgan fingerprint density at radius 2 is 1.88 bits per heavy atom. The first-order valence-corrected chi connectivity index (χ1v) is 7.45. The molecule has 1 aromatic carbocycles. The Kier molecular flexibility index (Phi) is 4.84. The molecule has 2 N–H and O–H groups in total. The maximum Gasteiger partial charge on any atom is 0.147 e. The van der Waals surface area contributed by atoms with Gasteiger partial charge in [-0.3, -0.25) is 4.79 Å². The Bertz CT molecular complexity index is 468. The second-order valence-electron chi connectivity index (χ2n) is 4.05. The fourth-order valence-corrected chi connectivity index (χ4v) is 2.17. The zero-order valence-electron chi connectivity index (χ0n) is 9.80. The van der Waals surface area contributed by atoms with E-state index in [1.54, 1.807) is 0 Å². The normalized spacial score (nSPS) is 13.3. The van der Waals surface area contributed by atoms with Crippen LogP contribution in [0.25, 0.3) is 0 Å². The Hall–Kier alpha value is -1.20. The number of benzene rings is 1. The first kappa shape index (κ1) is 13.9. The molecule has 17 heavy (non-hydrogen) atoms. The van der Waals surface area contributed by atoms with E-state index in [2.05, 4.69) is 0 Å². The first-order valence-electron chi connectivity index (χ1n) is 5.39. The highest BCUT2D eigenvalue weighted by Crippen LogP contribution is 2.17. The standard InChI is InChI=1S/C12H17NO3S/c1-17(15,16)8-7-12(14)11(9-13)10-5-3-2-4-6-10/h2-6,11H,7-9,13H2,1H3. The molecule has 0 aromatic heterocycles. The van der Waals surface area contributed by atoms with E-state index in [0.717, 1.165) is 11.8 Å². The summed E-state index contributed by atoms with van der Waals surface area (Å²) >= 11 is 0. The Balaban J connectivity index is 2.72. The highest BCUT2D eigenvalue weighted by atomic mass is 32.2. The third-order valence-electron chi connectivity index (χ3n) is 2.55. The van der Waals surface area contributed by atoms with Gasteiger partial charge in [0, 0.05) is 19.2 Å². The summed E-state index contributed by atoms with van der Waals surface area (Å²) in [7, 11) is -3.10. The summed E-state index contributed by atoms with van der Waals surface area (Å²) in [6.45, 7) is 0.201. The Morgan fingerprint density at radius 1 is 1.29 bits per heavy atom. The van der Waals surface area contributed by atoms with Crippen LogP contribution in [0.1, 0.15) is 17.9 Å². The average Bonchev–Trinajstić information content (AvgIpc) is 2.28. The van der Waals surface area contributed by atoms with Crippen LogP contribution in [0.4, 0.5) is 0 Å². The highest BCUT2D eigenvalue weighted by Gasteiger charge is 2.19. The second kappa shape index (κ2) is 5.93. The molecule has 0 aliphatic rings. The molecular formula is C12H17NO3S. The van der Waals surface area contributed by atoms with Gasteiger partial charge >= 0.3 is 0 Å². The number of nitrogens with two attached hydrogens (primary N) is 1. The van der Waals surface area contributed by atoms with Crippen molar-refractivity contribution in [2.24, 2.45) is 5.73 Å². The van der Waals surface area contributed by atoms with Gasteiger partial charge in [0.1, 0.15) is 15.6 Å². The molecule has 0 saturated carbocycles. The summed E-state index contributed by atoms with van der Waals surface area (Å²) in [5, 5.41) is 0. The van der Waals surface area contributed by atoms with Crippen LogP contribution in [-0.2, 0) is 14.6 Å². The molecule has 0 heterocycles. The maximum atomic E-state index is 11.9. The number of Topliss-reactive ketones (excluding diaryl/α,β-unsaturated/α-hetero) is 1. The number of carbonyl (C=O) groups excluding carboxylic acids is 1. The topological polar surface area (TPSA) is 77.2 Å². The summed E-state index contributed by atoms with van der Waals surface area (Å²) < 4.78 is 22.0. The minimum Gasteiger partial charge on any atom is -0.329 e. The van der Waals surface area contributed by atoms with Gasteiger partial charge in [0.25, 0.3) is 0 Å². The molecule has 1 rings (SSSR count). The number of hydrogen-bond donors (Lipinski definition) is 1. The summed E-state index contributed by atoms with van der Waals surface area (Å²) in [4.78, 5) is 11.9. The summed E-state index contributed by atoms with van der Waals surface area (Å²) in [6, 6.07) is 9.19. The van der Waals surface area contributed by atoms with Crippen molar-refractivity contribution in [2.45, 2.75) is 12.3 Å². The highest BCUT2D eigenvalue weighted by molar-refractivity contribution is 7.90. The molecule has 1 atom stereocenters. The van der Waals surface area contributed by atoms with Gasteiger partial charge in [-0.15, -0.1) is 0 Å². The van der Waals surface area contributed by atoms with Crippen LogP contribution in [-0.4, -0.2) is 32.8 Å². The second-order valence-corrected chi connectivity index (χ2v) is 6.30. The summed E-state index contributed by atoms with van der Waals surface area (Å²) in [5.41, 5.74) is 6.42. The van der Waals surface area contributed by atoms with Crippen molar-refractivity contribution in [1.29, 1.82) is 0 Å². The zero-order valence-corrected chi connectivity index (χ0v) is 10.6. The quantitative estimate of drug-likeness (QED) is 0.813. The third-order valence-corrected chi connectivity index (χ3v) is 3.49. The molecule has 0 aliphatic heterocycles. The lowest BCUT2D eigenvalue weighted by molar-refractivity contribution is -0.119. The van der Waals surface area contributed by atoms with Crippen LogP contribution in [0.2, 0.25) is 0 Å². The Labute approximate surface area is 102 Å². The molecule has 1 aromatic rings. The van der Waals surface area contributed by atoms with Gasteiger partial charge in [-0.05, 0) is 5.56 Å². The molecule has 0 radical (unpaired) electrons. The van der Waals surface area contributed by atoms with Crippen LogP contribution >= 0.6 is 0 Å². The number of carbonyl (C=O) groups is 1. The van der Waals surface area contributed by atoms with Crippen molar-refractivity contribution >= 4 is 15.6 Å². The van der Waals surface area contributed by atoms with Gasteiger partial charge in [-0.1, -0.05) is 30.3 Å². The lowest BCUT2D eigenvalue weighted by Gasteiger charge is -2.13. The van der Waals surface area contributed by atoms with Crippen molar-refractivity contribution in [2.75, 3.05) is 18.6 Å². The molecule has 0 aliphatic carbocycles.